The summed E-state index contributed by atoms with van der Waals surface area (Å²) in [5, 5.41) is 3.57. The third-order valence-electron chi connectivity index (χ3n) is 4.70. The fourth-order valence-electron chi connectivity index (χ4n) is 3.46. The molecule has 0 radical (unpaired) electrons. The number of ether oxygens (including phenoxy) is 1. The summed E-state index contributed by atoms with van der Waals surface area (Å²) in [5.74, 6) is 0. The van der Waals surface area contributed by atoms with E-state index in [1.165, 1.54) is 32.4 Å². The van der Waals surface area contributed by atoms with Crippen LogP contribution in [0.15, 0.2) is 24.3 Å². The van der Waals surface area contributed by atoms with Crippen molar-refractivity contribution in [1.82, 2.24) is 10.2 Å². The van der Waals surface area contributed by atoms with Gasteiger partial charge in [0.15, 0.2) is 0 Å². The SMILES string of the molecule is CC(CC1COCCN1)N1CCc2ccccc2CC1. The zero-order valence-corrected chi connectivity index (χ0v) is 12.5. The van der Waals surface area contributed by atoms with Crippen LogP contribution in [0.3, 0.4) is 0 Å². The van der Waals surface area contributed by atoms with Crippen molar-refractivity contribution in [3.63, 3.8) is 0 Å². The lowest BCUT2D eigenvalue weighted by molar-refractivity contribution is 0.0623. The maximum Gasteiger partial charge on any atom is 0.0620 e. The summed E-state index contributed by atoms with van der Waals surface area (Å²) >= 11 is 0. The predicted octanol–water partition coefficient (Wildman–Crippen LogP) is 1.85. The summed E-state index contributed by atoms with van der Waals surface area (Å²) in [6, 6.07) is 10.1. The van der Waals surface area contributed by atoms with E-state index in [1.54, 1.807) is 11.1 Å². The van der Waals surface area contributed by atoms with Crippen LogP contribution in [0.1, 0.15) is 24.5 Å². The van der Waals surface area contributed by atoms with E-state index >= 15 is 0 Å². The van der Waals surface area contributed by atoms with Crippen LogP contribution in [0.25, 0.3) is 0 Å². The van der Waals surface area contributed by atoms with Crippen molar-refractivity contribution in [3.8, 4) is 0 Å². The molecule has 0 amide bonds. The summed E-state index contributed by atoms with van der Waals surface area (Å²) in [5.41, 5.74) is 3.09. The van der Waals surface area contributed by atoms with Crippen molar-refractivity contribution in [1.29, 1.82) is 0 Å². The maximum absolute atomic E-state index is 5.56. The second-order valence-corrected chi connectivity index (χ2v) is 6.12. The molecule has 0 saturated carbocycles. The molecule has 3 nitrogen and oxygen atoms in total. The Labute approximate surface area is 122 Å². The molecule has 20 heavy (non-hydrogen) atoms. The first-order valence-corrected chi connectivity index (χ1v) is 7.95. The number of nitrogens with one attached hydrogen (secondary N) is 1. The summed E-state index contributed by atoms with van der Waals surface area (Å²) in [4.78, 5) is 2.65. The van der Waals surface area contributed by atoms with E-state index in [4.69, 9.17) is 4.74 Å². The fourth-order valence-corrected chi connectivity index (χ4v) is 3.46. The van der Waals surface area contributed by atoms with Crippen LogP contribution in [0, 0.1) is 0 Å². The molecule has 1 aromatic carbocycles. The number of morpholine rings is 1. The van der Waals surface area contributed by atoms with Crippen LogP contribution < -0.4 is 5.32 Å². The van der Waals surface area contributed by atoms with Gasteiger partial charge in [0.05, 0.1) is 13.2 Å². The number of hydrogen-bond donors (Lipinski definition) is 1. The predicted molar refractivity (Wildman–Crippen MR) is 82.1 cm³/mol. The van der Waals surface area contributed by atoms with Gasteiger partial charge in [-0.25, -0.2) is 0 Å². The van der Waals surface area contributed by atoms with E-state index in [2.05, 4.69) is 41.4 Å². The van der Waals surface area contributed by atoms with Gasteiger partial charge in [-0.15, -0.1) is 0 Å². The lowest BCUT2D eigenvalue weighted by Crippen LogP contribution is -2.46. The first kappa shape index (κ1) is 14.1. The Morgan fingerprint density at radius 1 is 1.25 bits per heavy atom. The maximum atomic E-state index is 5.56. The number of rotatable bonds is 3. The van der Waals surface area contributed by atoms with Crippen molar-refractivity contribution in [3.05, 3.63) is 35.4 Å². The molecule has 1 N–H and O–H groups in total. The molecule has 2 atom stereocenters. The number of nitrogens with zero attached hydrogens (tertiary/aromatic N) is 1. The summed E-state index contributed by atoms with van der Waals surface area (Å²) in [6.45, 7) is 7.48. The van der Waals surface area contributed by atoms with Crippen LogP contribution >= 0.6 is 0 Å². The van der Waals surface area contributed by atoms with Crippen molar-refractivity contribution < 1.29 is 4.74 Å². The average Bonchev–Trinajstić information content (AvgIpc) is 2.71. The van der Waals surface area contributed by atoms with E-state index in [1.807, 2.05) is 0 Å². The van der Waals surface area contributed by atoms with Crippen LogP contribution in [0.2, 0.25) is 0 Å². The molecule has 0 spiro atoms. The molecule has 3 heteroatoms. The van der Waals surface area contributed by atoms with Gasteiger partial charge in [-0.2, -0.15) is 0 Å². The number of fused-ring (bicyclic) bond motifs is 1. The molecule has 1 saturated heterocycles. The highest BCUT2D eigenvalue weighted by atomic mass is 16.5. The zero-order valence-electron chi connectivity index (χ0n) is 12.5. The second kappa shape index (κ2) is 6.70. The van der Waals surface area contributed by atoms with Crippen LogP contribution in [0.4, 0.5) is 0 Å². The molecular weight excluding hydrogens is 248 g/mol. The van der Waals surface area contributed by atoms with Crippen molar-refractivity contribution >= 4 is 0 Å². The van der Waals surface area contributed by atoms with Gasteiger partial charge in [-0.1, -0.05) is 24.3 Å². The van der Waals surface area contributed by atoms with Gasteiger partial charge in [0.25, 0.3) is 0 Å². The van der Waals surface area contributed by atoms with Crippen molar-refractivity contribution in [2.75, 3.05) is 32.8 Å². The Hall–Kier alpha value is -0.900. The van der Waals surface area contributed by atoms with Crippen molar-refractivity contribution in [2.45, 2.75) is 38.3 Å². The normalized spacial score (nSPS) is 25.8. The Bertz CT molecular complexity index is 402. The topological polar surface area (TPSA) is 24.5 Å². The van der Waals surface area contributed by atoms with Crippen molar-refractivity contribution in [2.24, 2.45) is 0 Å². The van der Waals surface area contributed by atoms with Crippen LogP contribution in [-0.2, 0) is 17.6 Å². The molecule has 0 aliphatic carbocycles. The van der Waals surface area contributed by atoms with E-state index in [0.717, 1.165) is 19.8 Å². The second-order valence-electron chi connectivity index (χ2n) is 6.12. The molecule has 2 aliphatic rings. The smallest absolute Gasteiger partial charge is 0.0620 e. The van der Waals surface area contributed by atoms with Gasteiger partial charge in [-0.3, -0.25) is 4.90 Å². The third-order valence-corrected chi connectivity index (χ3v) is 4.70. The first-order valence-electron chi connectivity index (χ1n) is 7.95. The largest absolute Gasteiger partial charge is 0.379 e. The molecule has 1 fully saturated rings. The Morgan fingerprint density at radius 2 is 1.95 bits per heavy atom. The van der Waals surface area contributed by atoms with E-state index in [0.29, 0.717) is 12.1 Å². The molecule has 3 rings (SSSR count). The molecule has 0 aromatic heterocycles. The monoisotopic (exact) mass is 274 g/mol. The molecule has 1 aromatic rings. The molecule has 110 valence electrons. The number of hydrogen-bond acceptors (Lipinski definition) is 3. The highest BCUT2D eigenvalue weighted by molar-refractivity contribution is 5.28. The van der Waals surface area contributed by atoms with Gasteiger partial charge in [0.2, 0.25) is 0 Å². The molecule has 2 unspecified atom stereocenters. The minimum absolute atomic E-state index is 0.532. The standard InChI is InChI=1S/C17H26N2O/c1-14(12-17-13-20-11-8-18-17)19-9-6-15-4-2-3-5-16(15)7-10-19/h2-5,14,17-18H,6-13H2,1H3. The van der Waals surface area contributed by atoms with Crippen LogP contribution in [0.5, 0.6) is 0 Å². The highest BCUT2D eigenvalue weighted by Gasteiger charge is 2.22. The molecule has 2 heterocycles. The third kappa shape index (κ3) is 3.40. The Morgan fingerprint density at radius 3 is 2.55 bits per heavy atom. The highest BCUT2D eigenvalue weighted by Crippen LogP contribution is 2.18. The van der Waals surface area contributed by atoms with Gasteiger partial charge in [-0.05, 0) is 37.3 Å². The Balaban J connectivity index is 1.55. The Kier molecular flexibility index (Phi) is 4.71. The van der Waals surface area contributed by atoms with E-state index in [9.17, 15) is 0 Å². The van der Waals surface area contributed by atoms with E-state index < -0.39 is 0 Å². The quantitative estimate of drug-likeness (QED) is 0.910. The van der Waals surface area contributed by atoms with E-state index in [-0.39, 0.29) is 0 Å². The first-order chi connectivity index (χ1) is 9.83. The minimum atomic E-state index is 0.532. The van der Waals surface area contributed by atoms with Gasteiger partial charge < -0.3 is 10.1 Å². The minimum Gasteiger partial charge on any atom is -0.379 e. The van der Waals surface area contributed by atoms with Gasteiger partial charge in [0.1, 0.15) is 0 Å². The molecular formula is C17H26N2O. The van der Waals surface area contributed by atoms with Gasteiger partial charge >= 0.3 is 0 Å². The van der Waals surface area contributed by atoms with Crippen LogP contribution in [-0.4, -0.2) is 49.8 Å². The molecule has 0 bridgehead atoms. The summed E-state index contributed by atoms with van der Waals surface area (Å²) in [7, 11) is 0. The average molecular weight is 274 g/mol. The molecule has 2 aliphatic heterocycles. The summed E-state index contributed by atoms with van der Waals surface area (Å²) in [6.07, 6.45) is 3.57. The lowest BCUT2D eigenvalue weighted by atomic mass is 10.0. The summed E-state index contributed by atoms with van der Waals surface area (Å²) < 4.78 is 5.56. The lowest BCUT2D eigenvalue weighted by Gasteiger charge is -2.32. The zero-order chi connectivity index (χ0) is 13.8. The fraction of sp³-hybridized carbons (Fsp3) is 0.647. The number of benzene rings is 1. The van der Waals surface area contributed by atoms with Gasteiger partial charge in [0, 0.05) is 31.7 Å².